The lowest BCUT2D eigenvalue weighted by atomic mass is 10.1. The summed E-state index contributed by atoms with van der Waals surface area (Å²) < 4.78 is 10.9. The van der Waals surface area contributed by atoms with Crippen LogP contribution in [0.3, 0.4) is 0 Å². The van der Waals surface area contributed by atoms with Crippen molar-refractivity contribution < 1.29 is 19.2 Å². The van der Waals surface area contributed by atoms with Crippen LogP contribution in [0.2, 0.25) is 0 Å². The molecule has 24 heavy (non-hydrogen) atoms. The number of aryl methyl sites for hydroxylation is 1. The summed E-state index contributed by atoms with van der Waals surface area (Å²) in [6, 6.07) is 2.50. The quantitative estimate of drug-likeness (QED) is 0.621. The number of amides is 1. The summed E-state index contributed by atoms with van der Waals surface area (Å²) in [7, 11) is 1.63. The standard InChI is InChI=1S/C15H15N3O5S/c1-9-16-7-11(24-9)8-17(2)15(19)12-5-10(18(20)21)6-13-14(12)23-4-3-22-13/h5-7H,3-4,8H2,1-2H3. The summed E-state index contributed by atoms with van der Waals surface area (Å²) in [6.07, 6.45) is 1.71. The Balaban J connectivity index is 1.93. The molecule has 0 spiro atoms. The van der Waals surface area contributed by atoms with Crippen molar-refractivity contribution in [3.05, 3.63) is 43.9 Å². The van der Waals surface area contributed by atoms with Crippen LogP contribution in [0.1, 0.15) is 20.2 Å². The van der Waals surface area contributed by atoms with Gasteiger partial charge in [0, 0.05) is 24.2 Å². The number of nitrogens with zero attached hydrogens (tertiary/aromatic N) is 3. The van der Waals surface area contributed by atoms with E-state index in [0.29, 0.717) is 13.2 Å². The normalized spacial score (nSPS) is 12.8. The minimum absolute atomic E-state index is 0.127. The van der Waals surface area contributed by atoms with Crippen LogP contribution in [-0.2, 0) is 6.54 Å². The Kier molecular flexibility index (Phi) is 4.34. The number of rotatable bonds is 4. The van der Waals surface area contributed by atoms with E-state index in [1.165, 1.54) is 28.4 Å². The molecule has 3 rings (SSSR count). The monoisotopic (exact) mass is 349 g/mol. The van der Waals surface area contributed by atoms with E-state index in [9.17, 15) is 14.9 Å². The third-order valence-electron chi connectivity index (χ3n) is 3.48. The molecule has 0 atom stereocenters. The summed E-state index contributed by atoms with van der Waals surface area (Å²) in [5, 5.41) is 12.0. The molecule has 0 fully saturated rings. The molecular weight excluding hydrogens is 334 g/mol. The highest BCUT2D eigenvalue weighted by molar-refractivity contribution is 7.11. The van der Waals surface area contributed by atoms with Crippen molar-refractivity contribution in [1.29, 1.82) is 0 Å². The smallest absolute Gasteiger partial charge is 0.274 e. The van der Waals surface area contributed by atoms with Gasteiger partial charge in [0.2, 0.25) is 0 Å². The highest BCUT2D eigenvalue weighted by atomic mass is 32.1. The van der Waals surface area contributed by atoms with Gasteiger partial charge in [-0.25, -0.2) is 4.98 Å². The van der Waals surface area contributed by atoms with Gasteiger partial charge in [-0.2, -0.15) is 0 Å². The van der Waals surface area contributed by atoms with Gasteiger partial charge in [-0.15, -0.1) is 11.3 Å². The lowest BCUT2D eigenvalue weighted by Crippen LogP contribution is -2.27. The van der Waals surface area contributed by atoms with Gasteiger partial charge in [-0.1, -0.05) is 0 Å². The van der Waals surface area contributed by atoms with Crippen LogP contribution < -0.4 is 9.47 Å². The SMILES string of the molecule is Cc1ncc(CN(C)C(=O)c2cc([N+](=O)[O-])cc3c2OCCO3)s1. The summed E-state index contributed by atoms with van der Waals surface area (Å²) in [5.41, 5.74) is -0.0766. The minimum atomic E-state index is -0.554. The van der Waals surface area contributed by atoms with Crippen molar-refractivity contribution in [3.8, 4) is 11.5 Å². The van der Waals surface area contributed by atoms with Crippen LogP contribution in [0.5, 0.6) is 11.5 Å². The van der Waals surface area contributed by atoms with E-state index in [-0.39, 0.29) is 35.3 Å². The third kappa shape index (κ3) is 3.16. The van der Waals surface area contributed by atoms with E-state index in [4.69, 9.17) is 9.47 Å². The van der Waals surface area contributed by atoms with E-state index >= 15 is 0 Å². The summed E-state index contributed by atoms with van der Waals surface area (Å²) in [6.45, 7) is 2.83. The Hall–Kier alpha value is -2.68. The number of nitro benzene ring substituents is 1. The fourth-order valence-corrected chi connectivity index (χ4v) is 3.24. The molecule has 0 unspecified atom stereocenters. The van der Waals surface area contributed by atoms with Gasteiger partial charge in [-0.3, -0.25) is 14.9 Å². The molecule has 0 bridgehead atoms. The van der Waals surface area contributed by atoms with Gasteiger partial charge in [0.1, 0.15) is 13.2 Å². The van der Waals surface area contributed by atoms with Crippen molar-refractivity contribution in [1.82, 2.24) is 9.88 Å². The van der Waals surface area contributed by atoms with Crippen LogP contribution in [0.15, 0.2) is 18.3 Å². The first kappa shape index (κ1) is 16.2. The Morgan fingerprint density at radius 1 is 1.42 bits per heavy atom. The number of ether oxygens (including phenoxy) is 2. The van der Waals surface area contributed by atoms with Gasteiger partial charge in [0.25, 0.3) is 11.6 Å². The fourth-order valence-electron chi connectivity index (χ4n) is 2.39. The summed E-state index contributed by atoms with van der Waals surface area (Å²) >= 11 is 1.50. The first-order valence-corrected chi connectivity index (χ1v) is 8.02. The molecule has 1 aromatic heterocycles. The number of thiazole rings is 1. The molecule has 0 aliphatic carbocycles. The van der Waals surface area contributed by atoms with Crippen molar-refractivity contribution in [2.45, 2.75) is 13.5 Å². The summed E-state index contributed by atoms with van der Waals surface area (Å²) in [5.74, 6) is 0.108. The van der Waals surface area contributed by atoms with Gasteiger partial charge in [0.15, 0.2) is 11.5 Å². The number of aromatic nitrogens is 1. The molecule has 2 aromatic rings. The minimum Gasteiger partial charge on any atom is -0.486 e. The molecule has 126 valence electrons. The van der Waals surface area contributed by atoms with Crippen molar-refractivity contribution in [2.24, 2.45) is 0 Å². The predicted octanol–water partition coefficient (Wildman–Crippen LogP) is 2.40. The molecule has 1 aromatic carbocycles. The highest BCUT2D eigenvalue weighted by Crippen LogP contribution is 2.38. The third-order valence-corrected chi connectivity index (χ3v) is 4.37. The van der Waals surface area contributed by atoms with Crippen LogP contribution >= 0.6 is 11.3 Å². The maximum Gasteiger partial charge on any atom is 0.274 e. The molecule has 0 saturated carbocycles. The molecular formula is C15H15N3O5S. The van der Waals surface area contributed by atoms with E-state index < -0.39 is 4.92 Å². The molecule has 1 aliphatic heterocycles. The number of hydrogen-bond acceptors (Lipinski definition) is 7. The number of non-ortho nitro benzene ring substituents is 1. The van der Waals surface area contributed by atoms with Crippen LogP contribution in [-0.4, -0.2) is 41.0 Å². The van der Waals surface area contributed by atoms with Gasteiger partial charge in [-0.05, 0) is 6.92 Å². The Labute approximate surface area is 141 Å². The molecule has 0 radical (unpaired) electrons. The Bertz CT molecular complexity index is 804. The van der Waals surface area contributed by atoms with E-state index in [0.717, 1.165) is 9.88 Å². The van der Waals surface area contributed by atoms with Crippen molar-refractivity contribution >= 4 is 22.9 Å². The molecule has 0 saturated heterocycles. The van der Waals surface area contributed by atoms with Crippen molar-refractivity contribution in [2.75, 3.05) is 20.3 Å². The zero-order chi connectivity index (χ0) is 17.3. The largest absolute Gasteiger partial charge is 0.486 e. The molecule has 1 amide bonds. The Morgan fingerprint density at radius 3 is 2.83 bits per heavy atom. The second-order valence-corrected chi connectivity index (χ2v) is 6.60. The molecule has 8 nitrogen and oxygen atoms in total. The average molecular weight is 349 g/mol. The lowest BCUT2D eigenvalue weighted by Gasteiger charge is -2.23. The molecule has 2 heterocycles. The second kappa shape index (κ2) is 6.44. The first-order valence-electron chi connectivity index (χ1n) is 7.20. The number of hydrogen-bond donors (Lipinski definition) is 0. The zero-order valence-electron chi connectivity index (χ0n) is 13.1. The van der Waals surface area contributed by atoms with E-state index in [2.05, 4.69) is 4.98 Å². The van der Waals surface area contributed by atoms with Gasteiger partial charge < -0.3 is 14.4 Å². The Morgan fingerprint density at radius 2 is 2.17 bits per heavy atom. The summed E-state index contributed by atoms with van der Waals surface area (Å²) in [4.78, 5) is 29.9. The number of benzene rings is 1. The zero-order valence-corrected chi connectivity index (χ0v) is 14.0. The van der Waals surface area contributed by atoms with E-state index in [1.807, 2.05) is 6.92 Å². The maximum absolute atomic E-state index is 12.8. The molecule has 0 N–H and O–H groups in total. The average Bonchev–Trinajstić information content (AvgIpc) is 2.97. The topological polar surface area (TPSA) is 94.8 Å². The number of carbonyl (C=O) groups is 1. The number of fused-ring (bicyclic) bond motifs is 1. The fraction of sp³-hybridized carbons (Fsp3) is 0.333. The second-order valence-electron chi connectivity index (χ2n) is 5.28. The number of nitro groups is 1. The lowest BCUT2D eigenvalue weighted by molar-refractivity contribution is -0.385. The predicted molar refractivity (Wildman–Crippen MR) is 86.7 cm³/mol. The number of carbonyl (C=O) groups excluding carboxylic acids is 1. The van der Waals surface area contributed by atoms with Gasteiger partial charge >= 0.3 is 0 Å². The maximum atomic E-state index is 12.8. The molecule has 1 aliphatic rings. The highest BCUT2D eigenvalue weighted by Gasteiger charge is 2.27. The van der Waals surface area contributed by atoms with Crippen LogP contribution in [0.4, 0.5) is 5.69 Å². The first-order chi connectivity index (χ1) is 11.5. The van der Waals surface area contributed by atoms with Crippen LogP contribution in [0.25, 0.3) is 0 Å². The van der Waals surface area contributed by atoms with Gasteiger partial charge in [0.05, 0.1) is 28.1 Å². The van der Waals surface area contributed by atoms with E-state index in [1.54, 1.807) is 13.2 Å². The van der Waals surface area contributed by atoms with Crippen LogP contribution in [0, 0.1) is 17.0 Å². The molecule has 9 heteroatoms. The van der Waals surface area contributed by atoms with Crippen molar-refractivity contribution in [3.63, 3.8) is 0 Å².